The number of fused-ring (bicyclic) bond motifs is 3. The van der Waals surface area contributed by atoms with E-state index in [1.54, 1.807) is 6.92 Å². The minimum absolute atomic E-state index is 0.0892. The Morgan fingerprint density at radius 1 is 1.30 bits per heavy atom. The van der Waals surface area contributed by atoms with Crippen molar-refractivity contribution in [1.82, 2.24) is 10.3 Å². The molecule has 5 nitrogen and oxygen atoms in total. The molecule has 1 aliphatic carbocycles. The molecule has 0 spiro atoms. The molecule has 3 rings (SSSR count). The van der Waals surface area contributed by atoms with E-state index < -0.39 is 0 Å². The van der Waals surface area contributed by atoms with E-state index in [-0.39, 0.29) is 30.8 Å². The second-order valence-electron chi connectivity index (χ2n) is 6.11. The van der Waals surface area contributed by atoms with E-state index in [0.29, 0.717) is 6.61 Å². The van der Waals surface area contributed by atoms with Gasteiger partial charge in [-0.2, -0.15) is 0 Å². The van der Waals surface area contributed by atoms with E-state index in [4.69, 9.17) is 4.74 Å². The zero-order valence-corrected chi connectivity index (χ0v) is 13.6. The molecule has 0 saturated carbocycles. The molecule has 1 aromatic heterocycles. The van der Waals surface area contributed by atoms with Crippen LogP contribution in [0.5, 0.6) is 0 Å². The zero-order chi connectivity index (χ0) is 16.4. The monoisotopic (exact) mass is 314 g/mol. The lowest BCUT2D eigenvalue weighted by Crippen LogP contribution is -2.35. The summed E-state index contributed by atoms with van der Waals surface area (Å²) in [6, 6.07) is 6.50. The van der Waals surface area contributed by atoms with Crippen LogP contribution in [-0.2, 0) is 27.2 Å². The quantitative estimate of drug-likeness (QED) is 0.833. The van der Waals surface area contributed by atoms with Gasteiger partial charge in [-0.05, 0) is 38.0 Å². The van der Waals surface area contributed by atoms with Gasteiger partial charge < -0.3 is 15.0 Å². The number of ether oxygens (including phenoxy) is 1. The largest absolute Gasteiger partial charge is 0.466 e. The van der Waals surface area contributed by atoms with Crippen molar-refractivity contribution in [2.24, 2.45) is 0 Å². The summed E-state index contributed by atoms with van der Waals surface area (Å²) in [6.07, 6.45) is 1.97. The van der Waals surface area contributed by atoms with Crippen molar-refractivity contribution in [3.63, 3.8) is 0 Å². The molecule has 1 aliphatic rings. The molecule has 0 bridgehead atoms. The Bertz CT molecular complexity index is 748. The first-order valence-electron chi connectivity index (χ1n) is 8.12. The second kappa shape index (κ2) is 6.44. The van der Waals surface area contributed by atoms with E-state index in [1.165, 1.54) is 22.2 Å². The van der Waals surface area contributed by atoms with Crippen molar-refractivity contribution in [2.75, 3.05) is 6.61 Å². The highest BCUT2D eigenvalue weighted by atomic mass is 16.5. The molecule has 0 saturated heterocycles. The Balaban J connectivity index is 1.58. The number of esters is 1. The number of hydrogen-bond donors (Lipinski definition) is 2. The van der Waals surface area contributed by atoms with Crippen LogP contribution in [0.2, 0.25) is 0 Å². The third kappa shape index (κ3) is 3.38. The van der Waals surface area contributed by atoms with Gasteiger partial charge in [0.25, 0.3) is 0 Å². The molecule has 1 heterocycles. The van der Waals surface area contributed by atoms with Crippen LogP contribution < -0.4 is 5.32 Å². The Morgan fingerprint density at radius 3 is 2.91 bits per heavy atom. The molecule has 1 unspecified atom stereocenters. The SMILES string of the molecule is CCOC(=O)CCC(=O)NC1Cc2[nH]c3ccc(C)cc3c2C1. The van der Waals surface area contributed by atoms with Crippen LogP contribution in [-0.4, -0.2) is 29.5 Å². The molecule has 5 heteroatoms. The number of benzene rings is 1. The minimum atomic E-state index is -0.319. The summed E-state index contributed by atoms with van der Waals surface area (Å²) in [7, 11) is 0. The number of carbonyl (C=O) groups is 2. The van der Waals surface area contributed by atoms with E-state index >= 15 is 0 Å². The number of H-pyrrole nitrogens is 1. The molecule has 122 valence electrons. The van der Waals surface area contributed by atoms with E-state index in [1.807, 2.05) is 0 Å². The van der Waals surface area contributed by atoms with Gasteiger partial charge >= 0.3 is 5.97 Å². The maximum absolute atomic E-state index is 12.0. The molecular weight excluding hydrogens is 292 g/mol. The molecular formula is C18H22N2O3. The van der Waals surface area contributed by atoms with E-state index in [0.717, 1.165) is 18.4 Å². The fourth-order valence-electron chi connectivity index (χ4n) is 3.24. The van der Waals surface area contributed by atoms with Gasteiger partial charge in [-0.3, -0.25) is 9.59 Å². The highest BCUT2D eigenvalue weighted by Gasteiger charge is 2.26. The molecule has 0 fully saturated rings. The molecule has 1 aromatic carbocycles. The third-order valence-electron chi connectivity index (χ3n) is 4.28. The number of nitrogens with one attached hydrogen (secondary N) is 2. The second-order valence-corrected chi connectivity index (χ2v) is 6.11. The highest BCUT2D eigenvalue weighted by Crippen LogP contribution is 2.30. The van der Waals surface area contributed by atoms with E-state index in [2.05, 4.69) is 35.4 Å². The predicted molar refractivity (Wildman–Crippen MR) is 88.2 cm³/mol. The Labute approximate surface area is 135 Å². The standard InChI is InChI=1S/C18H22N2O3/c1-3-23-18(22)7-6-17(21)19-12-9-14-13-8-11(2)4-5-15(13)20-16(14)10-12/h4-5,8,12,20H,3,6-7,9-10H2,1-2H3,(H,19,21). The van der Waals surface area contributed by atoms with Crippen molar-refractivity contribution in [3.8, 4) is 0 Å². The topological polar surface area (TPSA) is 71.2 Å². The fourth-order valence-corrected chi connectivity index (χ4v) is 3.24. The van der Waals surface area contributed by atoms with Crippen LogP contribution in [0.1, 0.15) is 36.6 Å². The molecule has 1 atom stereocenters. The maximum Gasteiger partial charge on any atom is 0.306 e. The van der Waals surface area contributed by atoms with Crippen molar-refractivity contribution in [2.45, 2.75) is 45.6 Å². The normalized spacial score (nSPS) is 16.3. The summed E-state index contributed by atoms with van der Waals surface area (Å²) in [5.74, 6) is -0.408. The fraction of sp³-hybridized carbons (Fsp3) is 0.444. The average molecular weight is 314 g/mol. The summed E-state index contributed by atoms with van der Waals surface area (Å²) in [5, 5.41) is 4.28. The van der Waals surface area contributed by atoms with Gasteiger partial charge in [0.15, 0.2) is 0 Å². The van der Waals surface area contributed by atoms with Crippen molar-refractivity contribution < 1.29 is 14.3 Å². The molecule has 2 N–H and O–H groups in total. The first-order valence-corrected chi connectivity index (χ1v) is 8.12. The van der Waals surface area contributed by atoms with Crippen LogP contribution in [0.25, 0.3) is 10.9 Å². The summed E-state index contributed by atoms with van der Waals surface area (Å²) in [5.41, 5.74) is 4.91. The van der Waals surface area contributed by atoms with Crippen molar-refractivity contribution in [1.29, 1.82) is 0 Å². The molecule has 0 aliphatic heterocycles. The number of carbonyl (C=O) groups excluding carboxylic acids is 2. The predicted octanol–water partition coefficient (Wildman–Crippen LogP) is 2.40. The van der Waals surface area contributed by atoms with Gasteiger partial charge in [0.2, 0.25) is 5.91 Å². The van der Waals surface area contributed by atoms with Crippen molar-refractivity contribution in [3.05, 3.63) is 35.0 Å². The van der Waals surface area contributed by atoms with E-state index in [9.17, 15) is 9.59 Å². The number of rotatable bonds is 5. The first-order chi connectivity index (χ1) is 11.1. The van der Waals surface area contributed by atoms with Gasteiger partial charge in [-0.15, -0.1) is 0 Å². The lowest BCUT2D eigenvalue weighted by Gasteiger charge is -2.12. The van der Waals surface area contributed by atoms with Crippen LogP contribution in [0, 0.1) is 6.92 Å². The first kappa shape index (κ1) is 15.6. The summed E-state index contributed by atoms with van der Waals surface area (Å²) < 4.78 is 4.84. The minimum Gasteiger partial charge on any atom is -0.466 e. The molecule has 2 aromatic rings. The van der Waals surface area contributed by atoms with Crippen LogP contribution in [0.3, 0.4) is 0 Å². The number of aryl methyl sites for hydroxylation is 1. The molecule has 1 amide bonds. The zero-order valence-electron chi connectivity index (χ0n) is 13.6. The number of amides is 1. The van der Waals surface area contributed by atoms with Gasteiger partial charge in [0.05, 0.1) is 13.0 Å². The summed E-state index contributed by atoms with van der Waals surface area (Å²) >= 11 is 0. The van der Waals surface area contributed by atoms with Gasteiger partial charge in [-0.1, -0.05) is 11.6 Å². The average Bonchev–Trinajstić information content (AvgIpc) is 3.03. The van der Waals surface area contributed by atoms with Crippen LogP contribution >= 0.6 is 0 Å². The smallest absolute Gasteiger partial charge is 0.306 e. The molecule has 0 radical (unpaired) electrons. The lowest BCUT2D eigenvalue weighted by atomic mass is 10.1. The van der Waals surface area contributed by atoms with Gasteiger partial charge in [0, 0.05) is 35.5 Å². The molecule has 23 heavy (non-hydrogen) atoms. The number of aromatic amines is 1. The number of hydrogen-bond acceptors (Lipinski definition) is 3. The number of aromatic nitrogens is 1. The van der Waals surface area contributed by atoms with Gasteiger partial charge in [-0.25, -0.2) is 0 Å². The summed E-state index contributed by atoms with van der Waals surface area (Å²) in [4.78, 5) is 26.7. The van der Waals surface area contributed by atoms with Crippen LogP contribution in [0.4, 0.5) is 0 Å². The Hall–Kier alpha value is -2.30. The Morgan fingerprint density at radius 2 is 2.13 bits per heavy atom. The summed E-state index contributed by atoms with van der Waals surface area (Å²) in [6.45, 7) is 4.20. The Kier molecular flexibility index (Phi) is 4.37. The van der Waals surface area contributed by atoms with Crippen molar-refractivity contribution >= 4 is 22.8 Å². The van der Waals surface area contributed by atoms with Gasteiger partial charge in [0.1, 0.15) is 0 Å². The maximum atomic E-state index is 12.0. The lowest BCUT2D eigenvalue weighted by molar-refractivity contribution is -0.144. The van der Waals surface area contributed by atoms with Crippen LogP contribution in [0.15, 0.2) is 18.2 Å². The highest BCUT2D eigenvalue weighted by molar-refractivity contribution is 5.86. The third-order valence-corrected chi connectivity index (χ3v) is 4.28.